The number of hydrogen-bond acceptors (Lipinski definition) is 3. The number of aryl methyl sites for hydroxylation is 1. The second kappa shape index (κ2) is 6.57. The van der Waals surface area contributed by atoms with Crippen LogP contribution in [0.2, 0.25) is 0 Å². The average Bonchev–Trinajstić information content (AvgIpc) is 2.89. The number of aromatic hydroxyl groups is 1. The summed E-state index contributed by atoms with van der Waals surface area (Å²) in [5.41, 5.74) is 0.705. The van der Waals surface area contributed by atoms with E-state index < -0.39 is 5.82 Å². The number of nitrogens with one attached hydrogen (secondary N) is 1. The first-order valence-electron chi connectivity index (χ1n) is 6.83. The zero-order valence-corrected chi connectivity index (χ0v) is 11.8. The van der Waals surface area contributed by atoms with Crippen LogP contribution in [-0.2, 0) is 6.42 Å². The fraction of sp³-hybridized carbons (Fsp3) is 0.375. The number of hydrogen-bond donors (Lipinski definition) is 2. The molecule has 108 valence electrons. The van der Waals surface area contributed by atoms with E-state index in [9.17, 15) is 9.50 Å². The average molecular weight is 277 g/mol. The summed E-state index contributed by atoms with van der Waals surface area (Å²) in [7, 11) is 0. The summed E-state index contributed by atoms with van der Waals surface area (Å²) in [6, 6.07) is 8.18. The quantitative estimate of drug-likeness (QED) is 0.844. The van der Waals surface area contributed by atoms with E-state index in [1.165, 1.54) is 6.07 Å². The second-order valence-electron chi connectivity index (χ2n) is 5.11. The molecular weight excluding hydrogens is 257 g/mol. The van der Waals surface area contributed by atoms with Crippen LogP contribution in [0.5, 0.6) is 5.75 Å². The lowest BCUT2D eigenvalue weighted by Gasteiger charge is -2.21. The van der Waals surface area contributed by atoms with E-state index in [0.29, 0.717) is 5.56 Å². The van der Waals surface area contributed by atoms with Crippen molar-refractivity contribution in [3.05, 3.63) is 53.7 Å². The van der Waals surface area contributed by atoms with Crippen LogP contribution >= 0.6 is 0 Å². The van der Waals surface area contributed by atoms with E-state index in [1.54, 1.807) is 12.3 Å². The first-order valence-corrected chi connectivity index (χ1v) is 6.83. The summed E-state index contributed by atoms with van der Waals surface area (Å²) in [5.74, 6) is 0.531. The Bertz CT molecular complexity index is 539. The van der Waals surface area contributed by atoms with Gasteiger partial charge in [-0.2, -0.15) is 0 Å². The van der Waals surface area contributed by atoms with E-state index in [1.807, 2.05) is 19.1 Å². The Morgan fingerprint density at radius 3 is 2.75 bits per heavy atom. The molecule has 1 heterocycles. The van der Waals surface area contributed by atoms with Gasteiger partial charge in [-0.3, -0.25) is 0 Å². The molecule has 2 unspecified atom stereocenters. The minimum Gasteiger partial charge on any atom is -0.508 e. The molecule has 4 heteroatoms. The molecule has 1 aromatic heterocycles. The number of phenolic OH excluding ortho intramolecular Hbond substituents is 1. The van der Waals surface area contributed by atoms with Gasteiger partial charge in [0.05, 0.1) is 6.26 Å². The van der Waals surface area contributed by atoms with E-state index in [0.717, 1.165) is 24.7 Å². The van der Waals surface area contributed by atoms with Crippen molar-refractivity contribution < 1.29 is 13.9 Å². The third kappa shape index (κ3) is 3.84. The van der Waals surface area contributed by atoms with Gasteiger partial charge in [-0.1, -0.05) is 6.07 Å². The zero-order chi connectivity index (χ0) is 14.5. The van der Waals surface area contributed by atoms with Crippen molar-refractivity contribution in [1.29, 1.82) is 0 Å². The van der Waals surface area contributed by atoms with Gasteiger partial charge < -0.3 is 14.8 Å². The van der Waals surface area contributed by atoms with Crippen molar-refractivity contribution in [1.82, 2.24) is 5.32 Å². The number of halogens is 1. The van der Waals surface area contributed by atoms with Crippen molar-refractivity contribution in [2.24, 2.45) is 0 Å². The van der Waals surface area contributed by atoms with Gasteiger partial charge in [-0.25, -0.2) is 4.39 Å². The lowest BCUT2D eigenvalue weighted by molar-refractivity contribution is 0.411. The predicted molar refractivity (Wildman–Crippen MR) is 76.1 cm³/mol. The first kappa shape index (κ1) is 14.6. The number of rotatable bonds is 6. The molecule has 2 atom stereocenters. The number of furan rings is 1. The zero-order valence-electron chi connectivity index (χ0n) is 11.8. The van der Waals surface area contributed by atoms with Gasteiger partial charge in [0.2, 0.25) is 0 Å². The fourth-order valence-corrected chi connectivity index (χ4v) is 2.30. The van der Waals surface area contributed by atoms with Gasteiger partial charge in [0.1, 0.15) is 17.3 Å². The summed E-state index contributed by atoms with van der Waals surface area (Å²) >= 11 is 0. The third-order valence-corrected chi connectivity index (χ3v) is 3.40. The van der Waals surface area contributed by atoms with E-state index in [-0.39, 0.29) is 17.8 Å². The highest BCUT2D eigenvalue weighted by Crippen LogP contribution is 2.25. The van der Waals surface area contributed by atoms with Crippen molar-refractivity contribution in [2.45, 2.75) is 38.8 Å². The highest BCUT2D eigenvalue weighted by atomic mass is 19.1. The molecule has 0 radical (unpaired) electrons. The minimum atomic E-state index is -0.427. The monoisotopic (exact) mass is 277 g/mol. The third-order valence-electron chi connectivity index (χ3n) is 3.40. The topological polar surface area (TPSA) is 45.4 Å². The Balaban J connectivity index is 1.88. The largest absolute Gasteiger partial charge is 0.508 e. The van der Waals surface area contributed by atoms with Crippen molar-refractivity contribution in [3.63, 3.8) is 0 Å². The smallest absolute Gasteiger partial charge is 0.126 e. The molecule has 0 saturated heterocycles. The van der Waals surface area contributed by atoms with Gasteiger partial charge in [-0.15, -0.1) is 0 Å². The molecule has 0 aliphatic heterocycles. The SMILES string of the molecule is CC(CCc1ccco1)NC(C)c1ccc(F)cc1O. The van der Waals surface area contributed by atoms with Gasteiger partial charge in [0.25, 0.3) is 0 Å². The molecule has 0 saturated carbocycles. The second-order valence-corrected chi connectivity index (χ2v) is 5.11. The maximum Gasteiger partial charge on any atom is 0.126 e. The lowest BCUT2D eigenvalue weighted by atomic mass is 10.0. The predicted octanol–water partition coefficient (Wildman–Crippen LogP) is 3.80. The van der Waals surface area contributed by atoms with Gasteiger partial charge in [0, 0.05) is 30.1 Å². The molecule has 2 aromatic rings. The Hall–Kier alpha value is -1.81. The van der Waals surface area contributed by atoms with Crippen LogP contribution in [-0.4, -0.2) is 11.1 Å². The van der Waals surface area contributed by atoms with Crippen molar-refractivity contribution in [2.75, 3.05) is 0 Å². The standard InChI is InChI=1S/C16H20FNO2/c1-11(5-7-14-4-3-9-20-14)18-12(2)15-8-6-13(17)10-16(15)19/h3-4,6,8-12,18-19H,5,7H2,1-2H3. The first-order chi connectivity index (χ1) is 9.56. The molecule has 0 aliphatic rings. The Labute approximate surface area is 118 Å². The summed E-state index contributed by atoms with van der Waals surface area (Å²) in [6.45, 7) is 4.04. The van der Waals surface area contributed by atoms with E-state index in [4.69, 9.17) is 4.42 Å². The minimum absolute atomic E-state index is 0.0109. The van der Waals surface area contributed by atoms with Crippen LogP contribution in [0, 0.1) is 5.82 Å². The molecule has 0 amide bonds. The molecular formula is C16H20FNO2. The fourth-order valence-electron chi connectivity index (χ4n) is 2.30. The molecule has 3 nitrogen and oxygen atoms in total. The van der Waals surface area contributed by atoms with Gasteiger partial charge in [-0.05, 0) is 38.5 Å². The Kier molecular flexibility index (Phi) is 4.79. The Morgan fingerprint density at radius 2 is 2.10 bits per heavy atom. The van der Waals surface area contributed by atoms with Crippen LogP contribution in [0.25, 0.3) is 0 Å². The van der Waals surface area contributed by atoms with E-state index in [2.05, 4.69) is 12.2 Å². The molecule has 0 fully saturated rings. The summed E-state index contributed by atoms with van der Waals surface area (Å²) in [5, 5.41) is 13.2. The molecule has 2 N–H and O–H groups in total. The van der Waals surface area contributed by atoms with Crippen molar-refractivity contribution in [3.8, 4) is 5.75 Å². The van der Waals surface area contributed by atoms with Crippen LogP contribution in [0.15, 0.2) is 41.0 Å². The normalized spacial score (nSPS) is 14.2. The molecule has 20 heavy (non-hydrogen) atoms. The van der Waals surface area contributed by atoms with Crippen LogP contribution in [0.4, 0.5) is 4.39 Å². The van der Waals surface area contributed by atoms with Crippen LogP contribution < -0.4 is 5.32 Å². The lowest BCUT2D eigenvalue weighted by Crippen LogP contribution is -2.29. The molecule has 0 aliphatic carbocycles. The number of phenols is 1. The maximum atomic E-state index is 13.0. The summed E-state index contributed by atoms with van der Waals surface area (Å²) in [6.07, 6.45) is 3.47. The van der Waals surface area contributed by atoms with Crippen LogP contribution in [0.1, 0.15) is 37.6 Å². The maximum absolute atomic E-state index is 13.0. The number of benzene rings is 1. The molecule has 2 rings (SSSR count). The highest BCUT2D eigenvalue weighted by molar-refractivity contribution is 5.34. The molecule has 0 spiro atoms. The molecule has 1 aromatic carbocycles. The Morgan fingerprint density at radius 1 is 1.30 bits per heavy atom. The van der Waals surface area contributed by atoms with E-state index >= 15 is 0 Å². The van der Waals surface area contributed by atoms with Crippen LogP contribution in [0.3, 0.4) is 0 Å². The van der Waals surface area contributed by atoms with Crippen molar-refractivity contribution >= 4 is 0 Å². The van der Waals surface area contributed by atoms with Gasteiger partial charge >= 0.3 is 0 Å². The van der Waals surface area contributed by atoms with Gasteiger partial charge in [0.15, 0.2) is 0 Å². The highest BCUT2D eigenvalue weighted by Gasteiger charge is 2.14. The summed E-state index contributed by atoms with van der Waals surface area (Å²) < 4.78 is 18.3. The summed E-state index contributed by atoms with van der Waals surface area (Å²) in [4.78, 5) is 0. The molecule has 0 bridgehead atoms.